The Morgan fingerprint density at radius 3 is 1.54 bits per heavy atom. The molecule has 0 fully saturated rings. The van der Waals surface area contributed by atoms with E-state index < -0.39 is 0 Å². The van der Waals surface area contributed by atoms with Crippen molar-refractivity contribution in [2.45, 2.75) is 0 Å². The Kier molecular flexibility index (Phi) is 5.88. The molecule has 0 aliphatic carbocycles. The van der Waals surface area contributed by atoms with Gasteiger partial charge >= 0.3 is 0 Å². The minimum atomic E-state index is 1.07. The maximum Gasteiger partial charge on any atom is 0.0384 e. The van der Waals surface area contributed by atoms with Crippen LogP contribution < -0.4 is 5.32 Å². The van der Waals surface area contributed by atoms with Gasteiger partial charge in [-0.25, -0.2) is 0 Å². The van der Waals surface area contributed by atoms with Crippen LogP contribution in [-0.2, 0) is 0 Å². The number of hydrogen-bond acceptors (Lipinski definition) is 1. The highest BCUT2D eigenvalue weighted by atomic mass is 14.9. The zero-order chi connectivity index (χ0) is 26.0. The Morgan fingerprint density at radius 2 is 0.846 bits per heavy atom. The molecule has 7 aromatic carbocycles. The molecular weight excluding hydrogens is 470 g/mol. The first-order valence-corrected chi connectivity index (χ1v) is 13.4. The fourth-order valence-electron chi connectivity index (χ4n) is 5.46. The van der Waals surface area contributed by atoms with Gasteiger partial charge in [0, 0.05) is 11.4 Å². The summed E-state index contributed by atoms with van der Waals surface area (Å²) in [6.45, 7) is 0. The molecule has 184 valence electrons. The van der Waals surface area contributed by atoms with Crippen LogP contribution in [0.25, 0.3) is 54.9 Å². The third-order valence-electron chi connectivity index (χ3n) is 7.44. The molecule has 7 aromatic rings. The van der Waals surface area contributed by atoms with E-state index in [1.54, 1.807) is 0 Å². The molecular formula is C38H27N. The lowest BCUT2D eigenvalue weighted by atomic mass is 9.93. The quantitative estimate of drug-likeness (QED) is 0.249. The van der Waals surface area contributed by atoms with Gasteiger partial charge in [0.2, 0.25) is 0 Å². The van der Waals surface area contributed by atoms with Crippen molar-refractivity contribution in [3.8, 4) is 33.4 Å². The summed E-state index contributed by atoms with van der Waals surface area (Å²) in [7, 11) is 0. The van der Waals surface area contributed by atoms with Crippen LogP contribution in [0.5, 0.6) is 0 Å². The van der Waals surface area contributed by atoms with Gasteiger partial charge in [0.15, 0.2) is 0 Å². The van der Waals surface area contributed by atoms with Crippen LogP contribution in [0.15, 0.2) is 158 Å². The number of fused-ring (bicyclic) bond motifs is 2. The van der Waals surface area contributed by atoms with Gasteiger partial charge in [-0.1, -0.05) is 121 Å². The molecule has 0 saturated heterocycles. The van der Waals surface area contributed by atoms with Crippen LogP contribution in [0.4, 0.5) is 11.4 Å². The summed E-state index contributed by atoms with van der Waals surface area (Å²) in [5.41, 5.74) is 9.54. The smallest absolute Gasteiger partial charge is 0.0384 e. The monoisotopic (exact) mass is 497 g/mol. The van der Waals surface area contributed by atoms with Gasteiger partial charge in [-0.15, -0.1) is 0 Å². The Bertz CT molecular complexity index is 1900. The number of hydrogen-bond donors (Lipinski definition) is 1. The summed E-state index contributed by atoms with van der Waals surface area (Å²) in [6.07, 6.45) is 0. The van der Waals surface area contributed by atoms with Gasteiger partial charge in [-0.3, -0.25) is 0 Å². The highest BCUT2D eigenvalue weighted by molar-refractivity contribution is 6.00. The van der Waals surface area contributed by atoms with Crippen molar-refractivity contribution in [1.82, 2.24) is 0 Å². The largest absolute Gasteiger partial charge is 0.356 e. The standard InChI is InChI=1S/C38H27N/c1-2-9-27(10-3-1)32-25-31-12-5-7-15-37(31)38(26-32)30-19-23-34(24-20-30)39-33-21-17-29(18-22-33)36-16-8-13-28-11-4-6-14-35(28)36/h1-26,39H. The Labute approximate surface area is 229 Å². The molecule has 0 unspecified atom stereocenters. The zero-order valence-corrected chi connectivity index (χ0v) is 21.5. The predicted molar refractivity (Wildman–Crippen MR) is 167 cm³/mol. The van der Waals surface area contributed by atoms with Crippen molar-refractivity contribution in [2.75, 3.05) is 5.32 Å². The zero-order valence-electron chi connectivity index (χ0n) is 21.5. The van der Waals surface area contributed by atoms with E-state index in [0.29, 0.717) is 0 Å². The number of nitrogens with one attached hydrogen (secondary N) is 1. The van der Waals surface area contributed by atoms with E-state index >= 15 is 0 Å². The first kappa shape index (κ1) is 23.0. The van der Waals surface area contributed by atoms with Crippen LogP contribution in [0.3, 0.4) is 0 Å². The van der Waals surface area contributed by atoms with Gasteiger partial charge in [-0.2, -0.15) is 0 Å². The summed E-state index contributed by atoms with van der Waals surface area (Å²) < 4.78 is 0. The van der Waals surface area contributed by atoms with Gasteiger partial charge in [0.05, 0.1) is 0 Å². The average Bonchev–Trinajstić information content (AvgIpc) is 3.01. The molecule has 0 amide bonds. The SMILES string of the molecule is c1ccc(-c2cc(-c3ccc(Nc4ccc(-c5cccc6ccccc56)cc4)cc3)c3ccccc3c2)cc1. The Hall–Kier alpha value is -5.14. The molecule has 0 heterocycles. The van der Waals surface area contributed by atoms with E-state index in [9.17, 15) is 0 Å². The minimum absolute atomic E-state index is 1.07. The second kappa shape index (κ2) is 9.96. The molecule has 0 aromatic heterocycles. The second-order valence-corrected chi connectivity index (χ2v) is 9.92. The van der Waals surface area contributed by atoms with E-state index in [0.717, 1.165) is 11.4 Å². The first-order chi connectivity index (χ1) is 19.3. The van der Waals surface area contributed by atoms with Gasteiger partial charge in [-0.05, 0) is 91.3 Å². The molecule has 0 radical (unpaired) electrons. The normalized spacial score (nSPS) is 11.1. The lowest BCUT2D eigenvalue weighted by molar-refractivity contribution is 1.54. The van der Waals surface area contributed by atoms with E-state index in [1.165, 1.54) is 54.9 Å². The number of benzene rings is 7. The molecule has 1 nitrogen and oxygen atoms in total. The molecule has 0 atom stereocenters. The highest BCUT2D eigenvalue weighted by Crippen LogP contribution is 2.35. The molecule has 0 spiro atoms. The van der Waals surface area contributed by atoms with Gasteiger partial charge in [0.1, 0.15) is 0 Å². The van der Waals surface area contributed by atoms with Crippen molar-refractivity contribution in [2.24, 2.45) is 0 Å². The summed E-state index contributed by atoms with van der Waals surface area (Å²) in [5.74, 6) is 0. The van der Waals surface area contributed by atoms with Gasteiger partial charge < -0.3 is 5.32 Å². The molecule has 1 heteroatoms. The summed E-state index contributed by atoms with van der Waals surface area (Å²) in [5, 5.41) is 8.63. The molecule has 39 heavy (non-hydrogen) atoms. The second-order valence-electron chi connectivity index (χ2n) is 9.92. The van der Waals surface area contributed by atoms with Crippen molar-refractivity contribution in [3.05, 3.63) is 158 Å². The van der Waals surface area contributed by atoms with E-state index in [2.05, 4.69) is 163 Å². The molecule has 7 rings (SSSR count). The van der Waals surface area contributed by atoms with Crippen LogP contribution in [-0.4, -0.2) is 0 Å². The fourth-order valence-corrected chi connectivity index (χ4v) is 5.46. The van der Waals surface area contributed by atoms with E-state index in [-0.39, 0.29) is 0 Å². The van der Waals surface area contributed by atoms with E-state index in [1.807, 2.05) is 0 Å². The Balaban J connectivity index is 1.17. The molecule has 0 aliphatic rings. The molecule has 0 aliphatic heterocycles. The average molecular weight is 498 g/mol. The maximum absolute atomic E-state index is 3.57. The fraction of sp³-hybridized carbons (Fsp3) is 0. The van der Waals surface area contributed by atoms with Gasteiger partial charge in [0.25, 0.3) is 0 Å². The van der Waals surface area contributed by atoms with Crippen molar-refractivity contribution in [3.63, 3.8) is 0 Å². The summed E-state index contributed by atoms with van der Waals surface area (Å²) in [6, 6.07) is 56.3. The van der Waals surface area contributed by atoms with Crippen LogP contribution >= 0.6 is 0 Å². The highest BCUT2D eigenvalue weighted by Gasteiger charge is 2.09. The molecule has 0 bridgehead atoms. The third-order valence-corrected chi connectivity index (χ3v) is 7.44. The minimum Gasteiger partial charge on any atom is -0.356 e. The summed E-state index contributed by atoms with van der Waals surface area (Å²) >= 11 is 0. The first-order valence-electron chi connectivity index (χ1n) is 13.4. The van der Waals surface area contributed by atoms with Crippen molar-refractivity contribution >= 4 is 32.9 Å². The number of anilines is 2. The van der Waals surface area contributed by atoms with Crippen molar-refractivity contribution in [1.29, 1.82) is 0 Å². The molecule has 1 N–H and O–H groups in total. The van der Waals surface area contributed by atoms with Crippen LogP contribution in [0, 0.1) is 0 Å². The summed E-state index contributed by atoms with van der Waals surface area (Å²) in [4.78, 5) is 0. The van der Waals surface area contributed by atoms with Crippen molar-refractivity contribution < 1.29 is 0 Å². The topological polar surface area (TPSA) is 12.0 Å². The Morgan fingerprint density at radius 1 is 0.308 bits per heavy atom. The number of rotatable bonds is 5. The van der Waals surface area contributed by atoms with E-state index in [4.69, 9.17) is 0 Å². The van der Waals surface area contributed by atoms with Crippen LogP contribution in [0.1, 0.15) is 0 Å². The molecule has 0 saturated carbocycles. The third kappa shape index (κ3) is 4.56. The lowest BCUT2D eigenvalue weighted by Gasteiger charge is -2.13. The maximum atomic E-state index is 3.57. The predicted octanol–water partition coefficient (Wildman–Crippen LogP) is 10.7. The lowest BCUT2D eigenvalue weighted by Crippen LogP contribution is -1.91. The van der Waals surface area contributed by atoms with Crippen LogP contribution in [0.2, 0.25) is 0 Å².